The number of hydrogen-bond acceptors (Lipinski definition) is 6. The highest BCUT2D eigenvalue weighted by molar-refractivity contribution is 5.91. The van der Waals surface area contributed by atoms with Gasteiger partial charge in [-0.05, 0) is 24.6 Å². The Bertz CT molecular complexity index is 729. The van der Waals surface area contributed by atoms with E-state index in [1.165, 1.54) is 18.2 Å². The molecule has 0 unspecified atom stereocenters. The van der Waals surface area contributed by atoms with Crippen molar-refractivity contribution in [1.29, 1.82) is 0 Å². The molecule has 0 radical (unpaired) electrons. The van der Waals surface area contributed by atoms with Crippen LogP contribution in [-0.2, 0) is 4.74 Å². The van der Waals surface area contributed by atoms with Crippen LogP contribution in [0.5, 0.6) is 0 Å². The second-order valence-corrected chi connectivity index (χ2v) is 4.49. The van der Waals surface area contributed by atoms with Crippen LogP contribution < -0.4 is 5.43 Å². The Labute approximate surface area is 132 Å². The first-order valence-electron chi connectivity index (χ1n) is 6.91. The molecule has 7 nitrogen and oxygen atoms in total. The lowest BCUT2D eigenvalue weighted by atomic mass is 10.2. The lowest BCUT2D eigenvalue weighted by Gasteiger charge is -2.05. The zero-order valence-corrected chi connectivity index (χ0v) is 12.4. The Balaban J connectivity index is 2.19. The smallest absolute Gasteiger partial charge is 0.338 e. The summed E-state index contributed by atoms with van der Waals surface area (Å²) in [6, 6.07) is 13.3. The van der Waals surface area contributed by atoms with Gasteiger partial charge in [0, 0.05) is 6.07 Å². The molecule has 0 aliphatic heterocycles. The van der Waals surface area contributed by atoms with Crippen molar-refractivity contribution in [3.05, 3.63) is 69.8 Å². The molecular weight excluding hydrogens is 298 g/mol. The first kappa shape index (κ1) is 16.2. The SMILES string of the molecule is CCOC(=O)c1ccc(N/N=C/c2ccccc2)c([N+](=O)[O-])c1. The number of carbonyl (C=O) groups is 1. The van der Waals surface area contributed by atoms with Gasteiger partial charge >= 0.3 is 5.97 Å². The summed E-state index contributed by atoms with van der Waals surface area (Å²) in [5, 5.41) is 15.1. The topological polar surface area (TPSA) is 93.8 Å². The standard InChI is InChI=1S/C16H15N3O4/c1-2-23-16(20)13-8-9-14(15(10-13)19(21)22)18-17-11-12-6-4-3-5-7-12/h3-11,18H,2H2,1H3/b17-11+. The summed E-state index contributed by atoms with van der Waals surface area (Å²) in [5.41, 5.74) is 3.53. The Morgan fingerprint density at radius 2 is 2.04 bits per heavy atom. The maximum Gasteiger partial charge on any atom is 0.338 e. The molecule has 0 bridgehead atoms. The van der Waals surface area contributed by atoms with Gasteiger partial charge in [0.15, 0.2) is 0 Å². The van der Waals surface area contributed by atoms with Gasteiger partial charge < -0.3 is 4.74 Å². The zero-order valence-electron chi connectivity index (χ0n) is 12.4. The van der Waals surface area contributed by atoms with E-state index in [1.807, 2.05) is 30.3 Å². The average Bonchev–Trinajstić information content (AvgIpc) is 2.56. The second kappa shape index (κ2) is 7.69. The number of esters is 1. The number of nitrogens with one attached hydrogen (secondary N) is 1. The van der Waals surface area contributed by atoms with Crippen molar-refractivity contribution < 1.29 is 14.5 Å². The molecule has 2 aromatic carbocycles. The first-order valence-corrected chi connectivity index (χ1v) is 6.91. The van der Waals surface area contributed by atoms with Gasteiger partial charge in [-0.15, -0.1) is 0 Å². The number of hydrazone groups is 1. The minimum absolute atomic E-state index is 0.121. The highest BCUT2D eigenvalue weighted by atomic mass is 16.6. The minimum Gasteiger partial charge on any atom is -0.462 e. The third kappa shape index (κ3) is 4.37. The third-order valence-electron chi connectivity index (χ3n) is 2.90. The Morgan fingerprint density at radius 1 is 1.30 bits per heavy atom. The Morgan fingerprint density at radius 3 is 2.70 bits per heavy atom. The summed E-state index contributed by atoms with van der Waals surface area (Å²) in [6.45, 7) is 1.87. The lowest BCUT2D eigenvalue weighted by Crippen LogP contribution is -2.06. The van der Waals surface area contributed by atoms with E-state index in [0.29, 0.717) is 0 Å². The molecule has 0 saturated heterocycles. The molecular formula is C16H15N3O4. The van der Waals surface area contributed by atoms with Gasteiger partial charge in [-0.25, -0.2) is 4.79 Å². The predicted octanol–water partition coefficient (Wildman–Crippen LogP) is 3.22. The minimum atomic E-state index is -0.602. The van der Waals surface area contributed by atoms with Crippen LogP contribution in [0.4, 0.5) is 11.4 Å². The molecule has 23 heavy (non-hydrogen) atoms. The number of nitrogens with zero attached hydrogens (tertiary/aromatic N) is 2. The van der Waals surface area contributed by atoms with E-state index in [1.54, 1.807) is 13.1 Å². The number of nitro groups is 1. The summed E-state index contributed by atoms with van der Waals surface area (Å²) < 4.78 is 4.83. The summed E-state index contributed by atoms with van der Waals surface area (Å²) >= 11 is 0. The Hall–Kier alpha value is -3.22. The largest absolute Gasteiger partial charge is 0.462 e. The van der Waals surface area contributed by atoms with Crippen molar-refractivity contribution in [3.63, 3.8) is 0 Å². The van der Waals surface area contributed by atoms with Crippen molar-refractivity contribution >= 4 is 23.6 Å². The highest BCUT2D eigenvalue weighted by Gasteiger charge is 2.17. The summed E-state index contributed by atoms with van der Waals surface area (Å²) in [6.07, 6.45) is 1.54. The molecule has 2 aromatic rings. The lowest BCUT2D eigenvalue weighted by molar-refractivity contribution is -0.384. The van der Waals surface area contributed by atoms with Crippen LogP contribution in [0.25, 0.3) is 0 Å². The molecule has 0 fully saturated rings. The van der Waals surface area contributed by atoms with Crippen LogP contribution in [0.2, 0.25) is 0 Å². The van der Waals surface area contributed by atoms with E-state index in [0.717, 1.165) is 5.56 Å². The predicted molar refractivity (Wildman–Crippen MR) is 86.7 cm³/mol. The fourth-order valence-corrected chi connectivity index (χ4v) is 1.83. The van der Waals surface area contributed by atoms with E-state index < -0.39 is 10.9 Å². The molecule has 0 saturated carbocycles. The zero-order chi connectivity index (χ0) is 16.7. The van der Waals surface area contributed by atoms with Crippen molar-refractivity contribution in [2.24, 2.45) is 5.10 Å². The van der Waals surface area contributed by atoms with Gasteiger partial charge in [-0.2, -0.15) is 5.10 Å². The fraction of sp³-hybridized carbons (Fsp3) is 0.125. The number of rotatable bonds is 6. The van der Waals surface area contributed by atoms with E-state index in [4.69, 9.17) is 4.74 Å². The van der Waals surface area contributed by atoms with E-state index in [9.17, 15) is 14.9 Å². The van der Waals surface area contributed by atoms with Crippen LogP contribution in [-0.4, -0.2) is 23.7 Å². The fourth-order valence-electron chi connectivity index (χ4n) is 1.83. The van der Waals surface area contributed by atoms with Gasteiger partial charge in [-0.3, -0.25) is 15.5 Å². The molecule has 2 rings (SSSR count). The molecule has 0 spiro atoms. The molecule has 0 aliphatic rings. The van der Waals surface area contributed by atoms with E-state index >= 15 is 0 Å². The van der Waals surface area contributed by atoms with Crippen LogP contribution in [0.3, 0.4) is 0 Å². The van der Waals surface area contributed by atoms with Gasteiger partial charge in [0.05, 0.1) is 23.3 Å². The van der Waals surface area contributed by atoms with Crippen molar-refractivity contribution in [2.75, 3.05) is 12.0 Å². The van der Waals surface area contributed by atoms with Gasteiger partial charge in [0.25, 0.3) is 5.69 Å². The quantitative estimate of drug-likeness (QED) is 0.382. The summed E-state index contributed by atoms with van der Waals surface area (Å²) in [5.74, 6) is -0.602. The second-order valence-electron chi connectivity index (χ2n) is 4.49. The maximum absolute atomic E-state index is 11.6. The van der Waals surface area contributed by atoms with Crippen LogP contribution in [0.15, 0.2) is 53.6 Å². The molecule has 7 heteroatoms. The molecule has 1 N–H and O–H groups in total. The van der Waals surface area contributed by atoms with Crippen molar-refractivity contribution in [3.8, 4) is 0 Å². The number of benzene rings is 2. The van der Waals surface area contributed by atoms with E-state index in [-0.39, 0.29) is 23.5 Å². The first-order chi connectivity index (χ1) is 11.1. The average molecular weight is 313 g/mol. The van der Waals surface area contributed by atoms with Crippen LogP contribution in [0.1, 0.15) is 22.8 Å². The number of hydrogen-bond donors (Lipinski definition) is 1. The van der Waals surface area contributed by atoms with Gasteiger partial charge in [-0.1, -0.05) is 30.3 Å². The summed E-state index contributed by atoms with van der Waals surface area (Å²) in [4.78, 5) is 22.2. The van der Waals surface area contributed by atoms with Crippen molar-refractivity contribution in [1.82, 2.24) is 0 Å². The molecule has 0 aliphatic carbocycles. The molecule has 0 atom stereocenters. The highest BCUT2D eigenvalue weighted by Crippen LogP contribution is 2.26. The van der Waals surface area contributed by atoms with Crippen LogP contribution >= 0.6 is 0 Å². The molecule has 118 valence electrons. The van der Waals surface area contributed by atoms with Gasteiger partial charge in [0.1, 0.15) is 5.69 Å². The number of ether oxygens (including phenoxy) is 1. The number of carbonyl (C=O) groups excluding carboxylic acids is 1. The normalized spacial score (nSPS) is 10.5. The maximum atomic E-state index is 11.6. The van der Waals surface area contributed by atoms with E-state index in [2.05, 4.69) is 10.5 Å². The molecule has 0 aromatic heterocycles. The van der Waals surface area contributed by atoms with Crippen molar-refractivity contribution in [2.45, 2.75) is 6.92 Å². The number of nitro benzene ring substituents is 1. The molecule has 0 amide bonds. The monoisotopic (exact) mass is 313 g/mol. The third-order valence-corrected chi connectivity index (χ3v) is 2.90. The Kier molecular flexibility index (Phi) is 5.40. The molecule has 0 heterocycles. The summed E-state index contributed by atoms with van der Waals surface area (Å²) in [7, 11) is 0. The van der Waals surface area contributed by atoms with Gasteiger partial charge in [0.2, 0.25) is 0 Å². The van der Waals surface area contributed by atoms with Crippen LogP contribution in [0, 0.1) is 10.1 Å². The number of anilines is 1.